The average Bonchev–Trinajstić information content (AvgIpc) is 3.11. The fourth-order valence-electron chi connectivity index (χ4n) is 5.25. The number of nitrogens with one attached hydrogen (secondary N) is 2. The summed E-state index contributed by atoms with van der Waals surface area (Å²) in [4.78, 5) is 31.7. The van der Waals surface area contributed by atoms with E-state index in [1.807, 2.05) is 26.8 Å². The first kappa shape index (κ1) is 24.8. The van der Waals surface area contributed by atoms with E-state index in [0.717, 1.165) is 17.8 Å². The smallest absolute Gasteiger partial charge is 0.326 e. The molecular weight excluding hydrogens is 479 g/mol. The molecule has 0 bridgehead atoms. The van der Waals surface area contributed by atoms with Crippen LogP contribution in [-0.2, 0) is 14.3 Å². The van der Waals surface area contributed by atoms with E-state index in [9.17, 15) is 9.59 Å². The highest BCUT2D eigenvalue weighted by molar-refractivity contribution is 6.39. The Bertz CT molecular complexity index is 1050. The number of hydrogen-bond donors (Lipinski definition) is 2. The molecule has 1 aromatic heterocycles. The molecule has 0 radical (unpaired) electrons. The van der Waals surface area contributed by atoms with Crippen LogP contribution in [-0.4, -0.2) is 52.7 Å². The Morgan fingerprint density at radius 3 is 2.53 bits per heavy atom. The van der Waals surface area contributed by atoms with Crippen LogP contribution < -0.4 is 10.6 Å². The summed E-state index contributed by atoms with van der Waals surface area (Å²) >= 11 is 12.4. The topological polar surface area (TPSA) is 92.8 Å². The van der Waals surface area contributed by atoms with Gasteiger partial charge in [-0.25, -0.2) is 4.79 Å². The predicted octanol–water partition coefficient (Wildman–Crippen LogP) is 4.75. The summed E-state index contributed by atoms with van der Waals surface area (Å²) in [6.45, 7) is 8.00. The van der Waals surface area contributed by atoms with Crippen LogP contribution in [0.15, 0.2) is 36.0 Å². The number of urea groups is 1. The number of halogens is 2. The molecule has 0 saturated carbocycles. The number of nitrogens with zero attached hydrogens (tertiary/aromatic N) is 2. The highest BCUT2D eigenvalue weighted by Crippen LogP contribution is 2.50. The summed E-state index contributed by atoms with van der Waals surface area (Å²) in [6, 6.07) is -0.873. The summed E-state index contributed by atoms with van der Waals surface area (Å²) in [5.74, 6) is 0.882. The number of allylic oxidation sites excluding steroid dienone is 1. The molecule has 1 fully saturated rings. The second-order valence-corrected chi connectivity index (χ2v) is 10.9. The van der Waals surface area contributed by atoms with Crippen LogP contribution in [0, 0.1) is 11.8 Å². The Balaban J connectivity index is 1.65. The minimum absolute atomic E-state index is 0.113. The van der Waals surface area contributed by atoms with Gasteiger partial charge < -0.3 is 14.8 Å². The molecule has 2 amide bonds. The third-order valence-corrected chi connectivity index (χ3v) is 7.15. The van der Waals surface area contributed by atoms with E-state index in [0.29, 0.717) is 18.7 Å². The number of amides is 2. The lowest BCUT2D eigenvalue weighted by Gasteiger charge is -2.47. The third-order valence-electron chi connectivity index (χ3n) is 6.58. The maximum absolute atomic E-state index is 13.2. The van der Waals surface area contributed by atoms with Crippen molar-refractivity contribution >= 4 is 40.9 Å². The monoisotopic (exact) mass is 508 g/mol. The van der Waals surface area contributed by atoms with Gasteiger partial charge in [-0.15, -0.1) is 0 Å². The maximum Gasteiger partial charge on any atom is 0.326 e. The molecule has 3 aliphatic rings. The first-order chi connectivity index (χ1) is 15.9. The Morgan fingerprint density at radius 2 is 1.91 bits per heavy atom. The predicted molar refractivity (Wildman–Crippen MR) is 131 cm³/mol. The van der Waals surface area contributed by atoms with E-state index in [1.165, 1.54) is 12.4 Å². The van der Waals surface area contributed by atoms with E-state index in [4.69, 9.17) is 32.7 Å². The molecule has 34 heavy (non-hydrogen) atoms. The number of carbonyl (C=O) groups excluding carboxylic acids is 2. The zero-order chi connectivity index (χ0) is 24.8. The summed E-state index contributed by atoms with van der Waals surface area (Å²) in [7, 11) is 1.66. The molecule has 0 aromatic carbocycles. The lowest BCUT2D eigenvalue weighted by atomic mass is 9.67. The number of esters is 1. The Hall–Kier alpha value is -2.29. The van der Waals surface area contributed by atoms with Crippen molar-refractivity contribution in [1.82, 2.24) is 15.2 Å². The second kappa shape index (κ2) is 9.06. The largest absolute Gasteiger partial charge is 0.500 e. The Labute approximate surface area is 209 Å². The van der Waals surface area contributed by atoms with Gasteiger partial charge in [0, 0.05) is 36.6 Å². The van der Waals surface area contributed by atoms with Crippen LogP contribution in [0.5, 0.6) is 0 Å². The van der Waals surface area contributed by atoms with Gasteiger partial charge in [-0.2, -0.15) is 0 Å². The van der Waals surface area contributed by atoms with Gasteiger partial charge in [0.05, 0.1) is 28.4 Å². The first-order valence-corrected chi connectivity index (χ1v) is 12.0. The molecule has 10 heteroatoms. The number of pyridine rings is 1. The molecule has 1 aromatic rings. The van der Waals surface area contributed by atoms with Gasteiger partial charge >= 0.3 is 12.0 Å². The molecule has 3 heterocycles. The van der Waals surface area contributed by atoms with Crippen molar-refractivity contribution in [1.29, 1.82) is 0 Å². The van der Waals surface area contributed by atoms with Gasteiger partial charge in [0.2, 0.25) is 0 Å². The molecule has 2 N–H and O–H groups in total. The van der Waals surface area contributed by atoms with Crippen LogP contribution in [0.2, 0.25) is 10.0 Å². The first-order valence-electron chi connectivity index (χ1n) is 11.3. The molecule has 184 valence electrons. The second-order valence-electron chi connectivity index (χ2n) is 10.1. The summed E-state index contributed by atoms with van der Waals surface area (Å²) in [5, 5.41) is 6.82. The molecule has 2 aliphatic heterocycles. The summed E-state index contributed by atoms with van der Waals surface area (Å²) in [5.41, 5.74) is 0.0361. The molecule has 8 nitrogen and oxygen atoms in total. The van der Waals surface area contributed by atoms with Gasteiger partial charge in [0.1, 0.15) is 17.4 Å². The van der Waals surface area contributed by atoms with Crippen molar-refractivity contribution < 1.29 is 19.1 Å². The number of methoxy groups -OCH3 is 1. The van der Waals surface area contributed by atoms with Crippen molar-refractivity contribution in [2.45, 2.75) is 57.7 Å². The van der Waals surface area contributed by atoms with Crippen LogP contribution in [0.3, 0.4) is 0 Å². The lowest BCUT2D eigenvalue weighted by Crippen LogP contribution is -2.61. The molecule has 4 rings (SSSR count). The number of rotatable bonds is 3. The number of aromatic nitrogens is 1. The fourth-order valence-corrected chi connectivity index (χ4v) is 5.71. The molecular formula is C24H30Cl2N4O4. The lowest BCUT2D eigenvalue weighted by molar-refractivity contribution is -0.157. The maximum atomic E-state index is 13.2. The van der Waals surface area contributed by atoms with Crippen molar-refractivity contribution in [3.05, 3.63) is 46.0 Å². The summed E-state index contributed by atoms with van der Waals surface area (Å²) < 4.78 is 11.5. The van der Waals surface area contributed by atoms with Gasteiger partial charge in [0.25, 0.3) is 0 Å². The van der Waals surface area contributed by atoms with Gasteiger partial charge in [0.15, 0.2) is 0 Å². The third kappa shape index (κ3) is 4.51. The normalized spacial score (nSPS) is 28.3. The zero-order valence-corrected chi connectivity index (χ0v) is 21.5. The Morgan fingerprint density at radius 1 is 1.24 bits per heavy atom. The van der Waals surface area contributed by atoms with Crippen molar-refractivity contribution in [2.24, 2.45) is 11.8 Å². The van der Waals surface area contributed by atoms with Crippen molar-refractivity contribution in [3.8, 4) is 0 Å². The molecule has 4 unspecified atom stereocenters. The van der Waals surface area contributed by atoms with Crippen LogP contribution >= 0.6 is 23.2 Å². The van der Waals surface area contributed by atoms with Crippen LogP contribution in [0.4, 0.5) is 10.5 Å². The standard InChI is InChI=1S/C24H30Cl2N4O4/c1-13-8-14-9-18(21(31)34-23(2,3)4)29-24(14)12-30(7-6-15(24)20(13)33-5)22(32)28-19-16(25)10-27-11-17(19)26/h6-7,10-11,13-14,18,29H,8-9,12H2,1-5H3,(H,27,28,32). The Kier molecular flexibility index (Phi) is 6.61. The van der Waals surface area contributed by atoms with E-state index in [1.54, 1.807) is 18.2 Å². The van der Waals surface area contributed by atoms with Crippen molar-refractivity contribution in [3.63, 3.8) is 0 Å². The SMILES string of the molecule is COC1=C2C=CN(C(=O)Nc3c(Cl)cncc3Cl)CC23NC(C(=O)OC(C)(C)C)CC3CC1C. The molecule has 1 aliphatic carbocycles. The number of ether oxygens (including phenoxy) is 2. The fraction of sp³-hybridized carbons (Fsp3) is 0.542. The van der Waals surface area contributed by atoms with Gasteiger partial charge in [-0.1, -0.05) is 30.1 Å². The minimum atomic E-state index is -0.642. The number of hydrogen-bond acceptors (Lipinski definition) is 6. The molecule has 1 saturated heterocycles. The van der Waals surface area contributed by atoms with Gasteiger partial charge in [-0.05, 0) is 45.6 Å². The van der Waals surface area contributed by atoms with E-state index < -0.39 is 23.2 Å². The number of anilines is 1. The van der Waals surface area contributed by atoms with E-state index in [-0.39, 0.29) is 27.9 Å². The highest BCUT2D eigenvalue weighted by Gasteiger charge is 2.57. The van der Waals surface area contributed by atoms with Crippen molar-refractivity contribution in [2.75, 3.05) is 19.0 Å². The minimum Gasteiger partial charge on any atom is -0.500 e. The van der Waals surface area contributed by atoms with Crippen LogP contribution in [0.1, 0.15) is 40.5 Å². The molecule has 1 spiro atoms. The summed E-state index contributed by atoms with van der Waals surface area (Å²) in [6.07, 6.45) is 7.89. The van der Waals surface area contributed by atoms with Crippen LogP contribution in [0.25, 0.3) is 0 Å². The van der Waals surface area contributed by atoms with E-state index in [2.05, 4.69) is 22.5 Å². The quantitative estimate of drug-likeness (QED) is 0.572. The van der Waals surface area contributed by atoms with E-state index >= 15 is 0 Å². The molecule has 4 atom stereocenters. The highest BCUT2D eigenvalue weighted by atomic mass is 35.5. The zero-order valence-electron chi connectivity index (χ0n) is 19.9. The van der Waals surface area contributed by atoms with Gasteiger partial charge in [-0.3, -0.25) is 20.0 Å². The number of carbonyl (C=O) groups is 2. The average molecular weight is 509 g/mol.